The lowest BCUT2D eigenvalue weighted by Crippen LogP contribution is -2.18. The summed E-state index contributed by atoms with van der Waals surface area (Å²) in [7, 11) is -3.17. The highest BCUT2D eigenvalue weighted by molar-refractivity contribution is 7.90. The number of carbonyl (C=O) groups excluding carboxylic acids is 1. The molecule has 32 heavy (non-hydrogen) atoms. The Kier molecular flexibility index (Phi) is 7.09. The zero-order valence-corrected chi connectivity index (χ0v) is 19.1. The lowest BCUT2D eigenvalue weighted by atomic mass is 10.1. The number of carbonyl (C=O) groups is 1. The van der Waals surface area contributed by atoms with Crippen LogP contribution in [0, 0.1) is 0 Å². The van der Waals surface area contributed by atoms with Crippen molar-refractivity contribution in [2.75, 3.05) is 16.9 Å². The van der Waals surface area contributed by atoms with Crippen molar-refractivity contribution in [3.63, 3.8) is 0 Å². The lowest BCUT2D eigenvalue weighted by molar-refractivity contribution is 0.0995. The van der Waals surface area contributed by atoms with Gasteiger partial charge in [-0.1, -0.05) is 43.3 Å². The Morgan fingerprint density at radius 2 is 1.75 bits per heavy atom. The van der Waals surface area contributed by atoms with Crippen LogP contribution < -0.4 is 16.4 Å². The van der Waals surface area contributed by atoms with Gasteiger partial charge in [-0.3, -0.25) is 4.79 Å². The van der Waals surface area contributed by atoms with E-state index < -0.39 is 21.0 Å². The highest BCUT2D eigenvalue weighted by Gasteiger charge is 2.17. The van der Waals surface area contributed by atoms with Crippen LogP contribution in [-0.2, 0) is 22.8 Å². The van der Waals surface area contributed by atoms with Crippen molar-refractivity contribution in [3.8, 4) is 0 Å². The Labute approximate surface area is 188 Å². The molecule has 168 valence electrons. The second kappa shape index (κ2) is 9.78. The molecule has 3 rings (SSSR count). The van der Waals surface area contributed by atoms with Crippen LogP contribution in [0.3, 0.4) is 0 Å². The number of sulfone groups is 1. The summed E-state index contributed by atoms with van der Waals surface area (Å²) in [5.41, 5.74) is 9.69. The molecule has 0 saturated heterocycles. The fourth-order valence-corrected chi connectivity index (χ4v) is 3.81. The molecule has 9 heteroatoms. The minimum atomic E-state index is -3.17. The van der Waals surface area contributed by atoms with E-state index in [9.17, 15) is 13.2 Å². The summed E-state index contributed by atoms with van der Waals surface area (Å²) in [5.74, 6) is -0.253. The SMILES string of the molecule is CCc1cccc(CNc2cc(Nc3ccc(C(C)S(C)(=O)=O)cc3)nnc2C(N)=O)c1. The summed E-state index contributed by atoms with van der Waals surface area (Å²) in [6.45, 7) is 4.24. The largest absolute Gasteiger partial charge is 0.379 e. The molecule has 1 unspecified atom stereocenters. The lowest BCUT2D eigenvalue weighted by Gasteiger charge is -2.13. The van der Waals surface area contributed by atoms with E-state index in [0.29, 0.717) is 29.3 Å². The number of hydrogen-bond donors (Lipinski definition) is 3. The number of anilines is 3. The Morgan fingerprint density at radius 3 is 2.38 bits per heavy atom. The van der Waals surface area contributed by atoms with Gasteiger partial charge in [-0.2, -0.15) is 0 Å². The third kappa shape index (κ3) is 5.82. The van der Waals surface area contributed by atoms with Gasteiger partial charge in [0.1, 0.15) is 0 Å². The number of aromatic nitrogens is 2. The number of hydrogen-bond acceptors (Lipinski definition) is 7. The number of aryl methyl sites for hydroxylation is 1. The van der Waals surface area contributed by atoms with Gasteiger partial charge in [0, 0.05) is 24.6 Å². The maximum absolute atomic E-state index is 11.8. The molecule has 8 nitrogen and oxygen atoms in total. The van der Waals surface area contributed by atoms with Gasteiger partial charge in [0.2, 0.25) is 0 Å². The fraction of sp³-hybridized carbons (Fsp3) is 0.261. The molecular weight excluding hydrogens is 426 g/mol. The van der Waals surface area contributed by atoms with Crippen LogP contribution in [-0.4, -0.2) is 30.8 Å². The minimum absolute atomic E-state index is 0.0551. The molecule has 1 atom stereocenters. The van der Waals surface area contributed by atoms with Crippen LogP contribution in [0.5, 0.6) is 0 Å². The molecule has 2 aromatic carbocycles. The first-order valence-electron chi connectivity index (χ1n) is 10.2. The van der Waals surface area contributed by atoms with Crippen LogP contribution in [0.1, 0.15) is 46.3 Å². The summed E-state index contributed by atoms with van der Waals surface area (Å²) >= 11 is 0. The van der Waals surface area contributed by atoms with Gasteiger partial charge >= 0.3 is 0 Å². The van der Waals surface area contributed by atoms with Gasteiger partial charge in [-0.05, 0) is 42.2 Å². The Hall–Kier alpha value is -3.46. The average molecular weight is 454 g/mol. The molecule has 1 heterocycles. The maximum atomic E-state index is 11.8. The molecular formula is C23H27N5O3S. The summed E-state index contributed by atoms with van der Waals surface area (Å²) in [4.78, 5) is 11.8. The zero-order valence-electron chi connectivity index (χ0n) is 18.3. The molecule has 0 saturated carbocycles. The molecule has 1 aromatic heterocycles. The van der Waals surface area contributed by atoms with Crippen molar-refractivity contribution in [1.82, 2.24) is 10.2 Å². The molecule has 1 amide bonds. The van der Waals surface area contributed by atoms with E-state index >= 15 is 0 Å². The molecule has 0 aliphatic rings. The predicted octanol–water partition coefficient (Wildman–Crippen LogP) is 3.60. The number of nitrogens with one attached hydrogen (secondary N) is 2. The molecule has 0 bridgehead atoms. The van der Waals surface area contributed by atoms with Crippen molar-refractivity contribution >= 4 is 32.9 Å². The molecule has 4 N–H and O–H groups in total. The minimum Gasteiger partial charge on any atom is -0.379 e. The van der Waals surface area contributed by atoms with Crippen LogP contribution >= 0.6 is 0 Å². The van der Waals surface area contributed by atoms with Crippen molar-refractivity contribution < 1.29 is 13.2 Å². The highest BCUT2D eigenvalue weighted by Crippen LogP contribution is 2.25. The standard InChI is InChI=1S/C23H27N5O3S/c1-4-16-6-5-7-17(12-16)14-25-20-13-21(27-28-22(20)23(24)29)26-19-10-8-18(9-11-19)15(2)32(3,30)31/h5-13,15H,4,14H2,1-3H3,(H2,24,29)(H2,25,26,27). The van der Waals surface area contributed by atoms with E-state index in [1.807, 2.05) is 12.1 Å². The smallest absolute Gasteiger partial charge is 0.271 e. The quantitative estimate of drug-likeness (QED) is 0.452. The first kappa shape index (κ1) is 23.2. The van der Waals surface area contributed by atoms with Gasteiger partial charge in [0.25, 0.3) is 5.91 Å². The number of nitrogens with two attached hydrogens (primary N) is 1. The van der Waals surface area contributed by atoms with Gasteiger partial charge in [0.15, 0.2) is 21.3 Å². The molecule has 0 aliphatic heterocycles. The summed E-state index contributed by atoms with van der Waals surface area (Å²) in [5, 5.41) is 13.8. The number of rotatable bonds is 9. The van der Waals surface area contributed by atoms with Gasteiger partial charge < -0.3 is 16.4 Å². The number of primary amides is 1. The molecule has 3 aromatic rings. The Bertz CT molecular complexity index is 1210. The monoisotopic (exact) mass is 453 g/mol. The first-order chi connectivity index (χ1) is 15.2. The fourth-order valence-electron chi connectivity index (χ4n) is 3.16. The van der Waals surface area contributed by atoms with E-state index in [2.05, 4.69) is 39.9 Å². The van der Waals surface area contributed by atoms with E-state index in [1.54, 1.807) is 37.3 Å². The Balaban J connectivity index is 1.78. The first-order valence-corrected chi connectivity index (χ1v) is 12.2. The van der Waals surface area contributed by atoms with Gasteiger partial charge in [0.05, 0.1) is 10.9 Å². The van der Waals surface area contributed by atoms with Crippen LogP contribution in [0.2, 0.25) is 0 Å². The van der Waals surface area contributed by atoms with Gasteiger partial charge in [-0.15, -0.1) is 10.2 Å². The number of amides is 1. The maximum Gasteiger partial charge on any atom is 0.271 e. The van der Waals surface area contributed by atoms with Crippen molar-refractivity contribution in [2.45, 2.75) is 32.1 Å². The van der Waals surface area contributed by atoms with Crippen molar-refractivity contribution in [3.05, 3.63) is 77.0 Å². The highest BCUT2D eigenvalue weighted by atomic mass is 32.2. The molecule has 0 fully saturated rings. The third-order valence-electron chi connectivity index (χ3n) is 5.20. The Morgan fingerprint density at radius 1 is 1.06 bits per heavy atom. The summed E-state index contributed by atoms with van der Waals surface area (Å²) < 4.78 is 23.5. The zero-order chi connectivity index (χ0) is 23.3. The second-order valence-corrected chi connectivity index (χ2v) is 9.97. The summed E-state index contributed by atoms with van der Waals surface area (Å²) in [6.07, 6.45) is 2.15. The number of nitrogens with zero attached hydrogens (tertiary/aromatic N) is 2. The van der Waals surface area contributed by atoms with Crippen LogP contribution in [0.15, 0.2) is 54.6 Å². The van der Waals surface area contributed by atoms with Crippen molar-refractivity contribution in [2.24, 2.45) is 5.73 Å². The van der Waals surface area contributed by atoms with Crippen molar-refractivity contribution in [1.29, 1.82) is 0 Å². The number of benzene rings is 2. The molecule has 0 spiro atoms. The average Bonchev–Trinajstić information content (AvgIpc) is 2.77. The predicted molar refractivity (Wildman–Crippen MR) is 127 cm³/mol. The normalized spacial score (nSPS) is 12.2. The topological polar surface area (TPSA) is 127 Å². The van der Waals surface area contributed by atoms with Gasteiger partial charge in [-0.25, -0.2) is 8.42 Å². The van der Waals surface area contributed by atoms with E-state index in [4.69, 9.17) is 5.73 Å². The molecule has 0 radical (unpaired) electrons. The van der Waals surface area contributed by atoms with E-state index in [0.717, 1.165) is 12.0 Å². The third-order valence-corrected chi connectivity index (χ3v) is 6.76. The second-order valence-electron chi connectivity index (χ2n) is 7.60. The van der Waals surface area contributed by atoms with Crippen LogP contribution in [0.25, 0.3) is 0 Å². The van der Waals surface area contributed by atoms with E-state index in [1.165, 1.54) is 11.8 Å². The van der Waals surface area contributed by atoms with Crippen LogP contribution in [0.4, 0.5) is 17.2 Å². The summed E-state index contributed by atoms with van der Waals surface area (Å²) in [6, 6.07) is 16.9. The molecule has 0 aliphatic carbocycles. The van der Waals surface area contributed by atoms with E-state index in [-0.39, 0.29) is 5.69 Å².